The average molecular weight is 461 g/mol. The topological polar surface area (TPSA) is 62.2 Å². The third-order valence-corrected chi connectivity index (χ3v) is 5.58. The predicted octanol–water partition coefficient (Wildman–Crippen LogP) is 4.38. The largest absolute Gasteiger partial charge is 0.401 e. The van der Waals surface area contributed by atoms with Crippen LogP contribution in [0.5, 0.6) is 0 Å². The maximum Gasteiger partial charge on any atom is 0.401 e. The minimum atomic E-state index is -4.37. The van der Waals surface area contributed by atoms with Crippen molar-refractivity contribution < 1.29 is 22.4 Å². The van der Waals surface area contributed by atoms with E-state index in [1.807, 2.05) is 30.3 Å². The van der Waals surface area contributed by atoms with Gasteiger partial charge >= 0.3 is 12.2 Å². The van der Waals surface area contributed by atoms with Gasteiger partial charge in [-0.2, -0.15) is 18.3 Å². The van der Waals surface area contributed by atoms with E-state index < -0.39 is 36.5 Å². The molecule has 2 atom stereocenters. The number of carbonyl (C=O) groups is 1. The number of likely N-dealkylation sites (tertiary alicyclic amines) is 1. The first-order chi connectivity index (χ1) is 15.7. The lowest BCUT2D eigenvalue weighted by atomic mass is 9.94. The van der Waals surface area contributed by atoms with Gasteiger partial charge in [0.1, 0.15) is 11.6 Å². The molecule has 4 rings (SSSR count). The number of carbonyl (C=O) groups excluding carboxylic acids is 1. The minimum absolute atomic E-state index is 0.00520. The first-order valence-electron chi connectivity index (χ1n) is 10.4. The van der Waals surface area contributed by atoms with Gasteiger partial charge in [-0.3, -0.25) is 14.9 Å². The lowest BCUT2D eigenvalue weighted by Crippen LogP contribution is -2.43. The number of amides is 2. The summed E-state index contributed by atoms with van der Waals surface area (Å²) in [7, 11) is 1.68. The number of halogens is 4. The Morgan fingerprint density at radius 2 is 1.85 bits per heavy atom. The summed E-state index contributed by atoms with van der Waals surface area (Å²) in [5, 5.41) is 9.86. The number of alkyl halides is 3. The molecule has 0 saturated carbocycles. The molecule has 0 bridgehead atoms. The number of anilines is 1. The first kappa shape index (κ1) is 22.8. The summed E-state index contributed by atoms with van der Waals surface area (Å²) in [4.78, 5) is 13.9. The van der Waals surface area contributed by atoms with E-state index >= 15 is 0 Å². The van der Waals surface area contributed by atoms with Crippen molar-refractivity contribution >= 4 is 11.8 Å². The highest BCUT2D eigenvalue weighted by Crippen LogP contribution is 2.30. The molecule has 1 aliphatic rings. The van der Waals surface area contributed by atoms with Crippen LogP contribution in [-0.2, 0) is 7.05 Å². The Labute approximate surface area is 188 Å². The van der Waals surface area contributed by atoms with Crippen molar-refractivity contribution in [2.45, 2.75) is 18.1 Å². The maximum atomic E-state index is 13.7. The van der Waals surface area contributed by atoms with Crippen LogP contribution in [0.4, 0.5) is 28.2 Å². The standard InChI is InChI=1S/C23H23F4N5O/c1-31-21(11-19(30-31)15-6-3-2-4-7-15)29-22(33)28-20-13-32(14-23(25,26)27)12-18(20)16-8-5-9-17(24)10-16/h2-11,18,20H,12-14H2,1H3,(H2,28,29,33)/t18-,20+/m0/s1. The van der Waals surface area contributed by atoms with E-state index in [0.29, 0.717) is 17.1 Å². The first-order valence-corrected chi connectivity index (χ1v) is 10.4. The monoisotopic (exact) mass is 461 g/mol. The zero-order chi connectivity index (χ0) is 23.6. The van der Waals surface area contributed by atoms with Crippen molar-refractivity contribution in [1.29, 1.82) is 0 Å². The molecule has 1 aromatic heterocycles. The molecule has 0 radical (unpaired) electrons. The fourth-order valence-corrected chi connectivity index (χ4v) is 4.14. The van der Waals surface area contributed by atoms with Crippen LogP contribution in [0.25, 0.3) is 11.3 Å². The summed E-state index contributed by atoms with van der Waals surface area (Å²) in [5.74, 6) is -0.535. The van der Waals surface area contributed by atoms with Crippen molar-refractivity contribution in [3.05, 3.63) is 72.0 Å². The van der Waals surface area contributed by atoms with Crippen LogP contribution in [0.15, 0.2) is 60.7 Å². The minimum Gasteiger partial charge on any atom is -0.333 e. The van der Waals surface area contributed by atoms with Crippen molar-refractivity contribution in [3.8, 4) is 11.3 Å². The van der Waals surface area contributed by atoms with Gasteiger partial charge < -0.3 is 5.32 Å². The van der Waals surface area contributed by atoms with Gasteiger partial charge in [-0.1, -0.05) is 42.5 Å². The third-order valence-electron chi connectivity index (χ3n) is 5.58. The smallest absolute Gasteiger partial charge is 0.333 e. The van der Waals surface area contributed by atoms with Crippen LogP contribution in [0.1, 0.15) is 11.5 Å². The summed E-state index contributed by atoms with van der Waals surface area (Å²) in [5.41, 5.74) is 2.09. The Kier molecular flexibility index (Phi) is 6.37. The molecule has 0 aliphatic carbocycles. The van der Waals surface area contributed by atoms with E-state index in [2.05, 4.69) is 15.7 Å². The van der Waals surface area contributed by atoms with E-state index in [0.717, 1.165) is 5.56 Å². The molecule has 33 heavy (non-hydrogen) atoms. The number of urea groups is 1. The Morgan fingerprint density at radius 1 is 1.09 bits per heavy atom. The summed E-state index contributed by atoms with van der Waals surface area (Å²) < 4.78 is 54.1. The summed E-state index contributed by atoms with van der Waals surface area (Å²) in [6, 6.07) is 15.7. The van der Waals surface area contributed by atoms with Gasteiger partial charge in [-0.25, -0.2) is 9.18 Å². The highest BCUT2D eigenvalue weighted by molar-refractivity contribution is 5.89. The average Bonchev–Trinajstić information content (AvgIpc) is 3.30. The molecule has 3 aromatic rings. The SMILES string of the molecule is Cn1nc(-c2ccccc2)cc1NC(=O)N[C@@H]1CN(CC(F)(F)F)C[C@H]1c1cccc(F)c1. The highest BCUT2D eigenvalue weighted by atomic mass is 19.4. The lowest BCUT2D eigenvalue weighted by molar-refractivity contribution is -0.143. The molecule has 174 valence electrons. The molecule has 2 heterocycles. The van der Waals surface area contributed by atoms with E-state index in [1.165, 1.54) is 27.8 Å². The summed E-state index contributed by atoms with van der Waals surface area (Å²) >= 11 is 0. The molecule has 2 aromatic carbocycles. The number of rotatable bonds is 5. The second-order valence-corrected chi connectivity index (χ2v) is 8.08. The van der Waals surface area contributed by atoms with Gasteiger partial charge in [0.25, 0.3) is 0 Å². The molecule has 0 unspecified atom stereocenters. The quantitative estimate of drug-likeness (QED) is 0.555. The molecule has 10 heteroatoms. The van der Waals surface area contributed by atoms with Crippen molar-refractivity contribution in [3.63, 3.8) is 0 Å². The van der Waals surface area contributed by atoms with Crippen molar-refractivity contribution in [2.24, 2.45) is 7.05 Å². The van der Waals surface area contributed by atoms with Gasteiger partial charge in [0, 0.05) is 37.7 Å². The fraction of sp³-hybridized carbons (Fsp3) is 0.304. The van der Waals surface area contributed by atoms with Crippen LogP contribution >= 0.6 is 0 Å². The zero-order valence-corrected chi connectivity index (χ0v) is 17.8. The number of hydrogen-bond donors (Lipinski definition) is 2. The highest BCUT2D eigenvalue weighted by Gasteiger charge is 2.40. The number of benzene rings is 2. The normalized spacial score (nSPS) is 18.9. The molecule has 0 spiro atoms. The summed E-state index contributed by atoms with van der Waals surface area (Å²) in [6.07, 6.45) is -4.37. The van der Waals surface area contributed by atoms with Crippen LogP contribution < -0.4 is 10.6 Å². The molecular formula is C23H23F4N5O. The van der Waals surface area contributed by atoms with Crippen LogP contribution in [0.3, 0.4) is 0 Å². The summed E-state index contributed by atoms with van der Waals surface area (Å²) in [6.45, 7) is -1.05. The number of nitrogens with one attached hydrogen (secondary N) is 2. The van der Waals surface area contributed by atoms with Gasteiger partial charge in [0.15, 0.2) is 0 Å². The van der Waals surface area contributed by atoms with Gasteiger partial charge in [0.2, 0.25) is 0 Å². The van der Waals surface area contributed by atoms with E-state index in [-0.39, 0.29) is 13.1 Å². The second-order valence-electron chi connectivity index (χ2n) is 8.08. The molecular weight excluding hydrogens is 438 g/mol. The molecule has 6 nitrogen and oxygen atoms in total. The predicted molar refractivity (Wildman–Crippen MR) is 116 cm³/mol. The lowest BCUT2D eigenvalue weighted by Gasteiger charge is -2.20. The molecule has 1 fully saturated rings. The van der Waals surface area contributed by atoms with E-state index in [4.69, 9.17) is 0 Å². The van der Waals surface area contributed by atoms with Crippen molar-refractivity contribution in [1.82, 2.24) is 20.0 Å². The van der Waals surface area contributed by atoms with Crippen LogP contribution in [0.2, 0.25) is 0 Å². The number of aromatic nitrogens is 2. The zero-order valence-electron chi connectivity index (χ0n) is 17.8. The molecule has 2 amide bonds. The van der Waals surface area contributed by atoms with E-state index in [9.17, 15) is 22.4 Å². The van der Waals surface area contributed by atoms with Crippen LogP contribution in [0, 0.1) is 5.82 Å². The Bertz CT molecular complexity index is 1120. The number of hydrogen-bond acceptors (Lipinski definition) is 3. The maximum absolute atomic E-state index is 13.7. The van der Waals surface area contributed by atoms with Crippen molar-refractivity contribution in [2.75, 3.05) is 25.0 Å². The second kappa shape index (κ2) is 9.22. The molecule has 1 saturated heterocycles. The van der Waals surface area contributed by atoms with Gasteiger partial charge in [-0.05, 0) is 17.7 Å². The third kappa shape index (κ3) is 5.70. The van der Waals surface area contributed by atoms with E-state index in [1.54, 1.807) is 19.2 Å². The number of nitrogens with zero attached hydrogens (tertiary/aromatic N) is 3. The Balaban J connectivity index is 1.48. The Hall–Kier alpha value is -3.40. The van der Waals surface area contributed by atoms with Crippen LogP contribution in [-0.4, -0.2) is 52.6 Å². The molecule has 1 aliphatic heterocycles. The van der Waals surface area contributed by atoms with Gasteiger partial charge in [-0.15, -0.1) is 0 Å². The number of aryl methyl sites for hydroxylation is 1. The molecule has 2 N–H and O–H groups in total. The Morgan fingerprint density at radius 3 is 2.55 bits per heavy atom. The van der Waals surface area contributed by atoms with Gasteiger partial charge in [0.05, 0.1) is 18.3 Å². The fourth-order valence-electron chi connectivity index (χ4n) is 4.14.